The van der Waals surface area contributed by atoms with E-state index >= 15 is 0 Å². The molecule has 1 atom stereocenters. The van der Waals surface area contributed by atoms with E-state index in [1.165, 1.54) is 6.33 Å². The molecule has 0 radical (unpaired) electrons. The fraction of sp³-hybridized carbons (Fsp3) is 0.438. The number of nitrogens with one attached hydrogen (secondary N) is 2. The molecule has 4 rings (SSSR count). The first-order chi connectivity index (χ1) is 12.2. The largest absolute Gasteiger partial charge is 0.373 e. The number of hydrogen-bond donors (Lipinski definition) is 2. The van der Waals surface area contributed by atoms with Crippen LogP contribution in [0.25, 0.3) is 5.78 Å². The first-order valence-electron chi connectivity index (χ1n) is 8.42. The van der Waals surface area contributed by atoms with Gasteiger partial charge in [-0.1, -0.05) is 0 Å². The molecule has 0 amide bonds. The van der Waals surface area contributed by atoms with Crippen LogP contribution in [0.15, 0.2) is 24.8 Å². The van der Waals surface area contributed by atoms with Crippen molar-refractivity contribution < 1.29 is 0 Å². The molecule has 9 nitrogen and oxygen atoms in total. The van der Waals surface area contributed by atoms with Crippen LogP contribution >= 0.6 is 0 Å². The fourth-order valence-electron chi connectivity index (χ4n) is 3.27. The van der Waals surface area contributed by atoms with Crippen molar-refractivity contribution in [3.05, 3.63) is 30.5 Å². The van der Waals surface area contributed by atoms with Crippen LogP contribution in [0.5, 0.6) is 0 Å². The number of hydrogen-bond acceptors (Lipinski definition) is 8. The molecule has 3 aromatic rings. The number of aromatic nitrogens is 6. The smallest absolute Gasteiger partial charge is 0.254 e. The molecule has 0 aromatic carbocycles. The first-order valence-corrected chi connectivity index (χ1v) is 8.42. The Labute approximate surface area is 145 Å². The third kappa shape index (κ3) is 3.04. The van der Waals surface area contributed by atoms with E-state index in [2.05, 4.69) is 40.6 Å². The van der Waals surface area contributed by atoms with E-state index < -0.39 is 0 Å². The molecule has 1 fully saturated rings. The summed E-state index contributed by atoms with van der Waals surface area (Å²) in [5.41, 5.74) is 0.917. The van der Waals surface area contributed by atoms with Crippen LogP contribution in [0.4, 0.5) is 17.5 Å². The zero-order chi connectivity index (χ0) is 17.2. The van der Waals surface area contributed by atoms with Gasteiger partial charge in [0, 0.05) is 44.0 Å². The Kier molecular flexibility index (Phi) is 4.04. The lowest BCUT2D eigenvalue weighted by Crippen LogP contribution is -2.35. The lowest BCUT2D eigenvalue weighted by molar-refractivity contribution is 0.686. The van der Waals surface area contributed by atoms with Crippen molar-refractivity contribution in [3.63, 3.8) is 0 Å². The Morgan fingerprint density at radius 1 is 1.20 bits per heavy atom. The van der Waals surface area contributed by atoms with E-state index in [-0.39, 0.29) is 0 Å². The topological polar surface area (TPSA) is 96.2 Å². The molecule has 130 valence electrons. The molecule has 1 aliphatic rings. The van der Waals surface area contributed by atoms with E-state index in [4.69, 9.17) is 0 Å². The van der Waals surface area contributed by atoms with Crippen LogP contribution < -0.4 is 15.5 Å². The first kappa shape index (κ1) is 15.6. The van der Waals surface area contributed by atoms with E-state index in [1.54, 1.807) is 10.8 Å². The van der Waals surface area contributed by atoms with Crippen molar-refractivity contribution in [3.8, 4) is 0 Å². The molecule has 3 aromatic heterocycles. The maximum absolute atomic E-state index is 4.44. The van der Waals surface area contributed by atoms with Gasteiger partial charge in [0.05, 0.1) is 0 Å². The van der Waals surface area contributed by atoms with E-state index in [0.717, 1.165) is 49.1 Å². The second-order valence-electron chi connectivity index (χ2n) is 6.14. The van der Waals surface area contributed by atoms with Gasteiger partial charge in [0.2, 0.25) is 0 Å². The summed E-state index contributed by atoms with van der Waals surface area (Å²) in [6, 6.07) is 4.35. The van der Waals surface area contributed by atoms with Crippen LogP contribution in [0, 0.1) is 6.92 Å². The number of nitrogens with zero attached hydrogens (tertiary/aromatic N) is 7. The van der Waals surface area contributed by atoms with Gasteiger partial charge >= 0.3 is 0 Å². The Bertz CT molecular complexity index is 875. The Morgan fingerprint density at radius 2 is 2.12 bits per heavy atom. The lowest BCUT2D eigenvalue weighted by Gasteiger charge is -2.26. The van der Waals surface area contributed by atoms with E-state index in [9.17, 15) is 0 Å². The summed E-state index contributed by atoms with van der Waals surface area (Å²) in [6.45, 7) is 3.76. The minimum Gasteiger partial charge on any atom is -0.373 e. The average molecular weight is 339 g/mol. The van der Waals surface area contributed by atoms with Crippen LogP contribution in [0.1, 0.15) is 18.5 Å². The summed E-state index contributed by atoms with van der Waals surface area (Å²) in [7, 11) is 1.87. The third-order valence-electron chi connectivity index (χ3n) is 4.48. The van der Waals surface area contributed by atoms with Gasteiger partial charge in [-0.2, -0.15) is 14.6 Å². The normalized spacial score (nSPS) is 17.2. The van der Waals surface area contributed by atoms with Gasteiger partial charge in [-0.15, -0.1) is 0 Å². The van der Waals surface area contributed by atoms with Crippen LogP contribution in [0.2, 0.25) is 0 Å². The highest BCUT2D eigenvalue weighted by Gasteiger charge is 2.26. The average Bonchev–Trinajstić information content (AvgIpc) is 3.28. The molecule has 1 aliphatic heterocycles. The van der Waals surface area contributed by atoms with Crippen molar-refractivity contribution in [1.29, 1.82) is 0 Å². The molecule has 9 heteroatoms. The highest BCUT2D eigenvalue weighted by Crippen LogP contribution is 2.25. The second-order valence-corrected chi connectivity index (χ2v) is 6.14. The van der Waals surface area contributed by atoms with E-state index in [1.807, 2.05) is 26.1 Å². The zero-order valence-electron chi connectivity index (χ0n) is 14.3. The predicted octanol–water partition coefficient (Wildman–Crippen LogP) is 1.35. The highest BCUT2D eigenvalue weighted by molar-refractivity contribution is 5.50. The van der Waals surface area contributed by atoms with Crippen molar-refractivity contribution in [1.82, 2.24) is 29.5 Å². The molecule has 0 spiro atoms. The van der Waals surface area contributed by atoms with Crippen molar-refractivity contribution in [2.24, 2.45) is 0 Å². The molecule has 4 heterocycles. The quantitative estimate of drug-likeness (QED) is 0.719. The van der Waals surface area contributed by atoms with Crippen LogP contribution in [0.3, 0.4) is 0 Å². The number of fused-ring (bicyclic) bond motifs is 1. The number of aryl methyl sites for hydroxylation is 1. The minimum atomic E-state index is 0.367. The molecule has 0 saturated carbocycles. The van der Waals surface area contributed by atoms with Gasteiger partial charge in [0.15, 0.2) is 0 Å². The van der Waals surface area contributed by atoms with Crippen LogP contribution in [-0.2, 0) is 0 Å². The van der Waals surface area contributed by atoms with Gasteiger partial charge in [-0.3, -0.25) is 0 Å². The monoisotopic (exact) mass is 339 g/mol. The SMILES string of the molecule is CNc1cc(N2CCC[C@@H]2CNc2cc(C)nc3ncnn23)ncn1. The molecule has 1 saturated heterocycles. The van der Waals surface area contributed by atoms with Crippen LogP contribution in [-0.4, -0.2) is 55.7 Å². The predicted molar refractivity (Wildman–Crippen MR) is 96.0 cm³/mol. The molecule has 2 N–H and O–H groups in total. The molecule has 25 heavy (non-hydrogen) atoms. The van der Waals surface area contributed by atoms with Gasteiger partial charge in [-0.25, -0.2) is 15.0 Å². The zero-order valence-corrected chi connectivity index (χ0v) is 14.3. The minimum absolute atomic E-state index is 0.367. The molecular weight excluding hydrogens is 318 g/mol. The summed E-state index contributed by atoms with van der Waals surface area (Å²) < 4.78 is 1.73. The summed E-state index contributed by atoms with van der Waals surface area (Å²) in [5.74, 6) is 3.31. The molecular formula is C16H21N9. The highest BCUT2D eigenvalue weighted by atomic mass is 15.4. The molecule has 0 unspecified atom stereocenters. The third-order valence-corrected chi connectivity index (χ3v) is 4.48. The van der Waals surface area contributed by atoms with Gasteiger partial charge in [0.1, 0.15) is 30.1 Å². The summed E-state index contributed by atoms with van der Waals surface area (Å²) >= 11 is 0. The maximum atomic E-state index is 4.44. The Hall–Kier alpha value is -2.97. The molecule has 0 aliphatic carbocycles. The second kappa shape index (κ2) is 6.50. The van der Waals surface area contributed by atoms with Crippen molar-refractivity contribution in [2.75, 3.05) is 35.7 Å². The van der Waals surface area contributed by atoms with Gasteiger partial charge < -0.3 is 15.5 Å². The van der Waals surface area contributed by atoms with Crippen molar-refractivity contribution >= 4 is 23.2 Å². The molecule has 0 bridgehead atoms. The number of rotatable bonds is 5. The Balaban J connectivity index is 1.52. The summed E-state index contributed by atoms with van der Waals surface area (Å²) in [6.07, 6.45) is 5.40. The van der Waals surface area contributed by atoms with E-state index in [0.29, 0.717) is 11.8 Å². The Morgan fingerprint density at radius 3 is 3.00 bits per heavy atom. The maximum Gasteiger partial charge on any atom is 0.254 e. The fourth-order valence-corrected chi connectivity index (χ4v) is 3.27. The number of anilines is 3. The summed E-state index contributed by atoms with van der Waals surface area (Å²) in [4.78, 5) is 19.5. The van der Waals surface area contributed by atoms with Crippen molar-refractivity contribution in [2.45, 2.75) is 25.8 Å². The lowest BCUT2D eigenvalue weighted by atomic mass is 10.2. The van der Waals surface area contributed by atoms with Gasteiger partial charge in [-0.05, 0) is 19.8 Å². The van der Waals surface area contributed by atoms with Gasteiger partial charge in [0.25, 0.3) is 5.78 Å². The summed E-state index contributed by atoms with van der Waals surface area (Å²) in [5, 5.41) is 10.8. The standard InChI is InChI=1S/C16H21N9/c1-11-6-15(25-16(23-11)21-10-22-25)18-8-12-4-3-5-24(12)14-7-13(17-2)19-9-20-14/h6-7,9-10,12,18H,3-5,8H2,1-2H3,(H,17,19,20)/t12-/m1/s1.